The molecule has 1 atom stereocenters. The van der Waals surface area contributed by atoms with Gasteiger partial charge >= 0.3 is 5.97 Å². The van der Waals surface area contributed by atoms with Crippen LogP contribution in [0.2, 0.25) is 5.02 Å². The van der Waals surface area contributed by atoms with E-state index < -0.39 is 12.0 Å². The van der Waals surface area contributed by atoms with Gasteiger partial charge in [0.25, 0.3) is 0 Å². The average Bonchev–Trinajstić information content (AvgIpc) is 2.52. The van der Waals surface area contributed by atoms with Gasteiger partial charge in [-0.3, -0.25) is 9.48 Å². The van der Waals surface area contributed by atoms with Gasteiger partial charge in [0.2, 0.25) is 0 Å². The number of carbonyl (C=O) groups is 1. The SMILES string of the molecule is COC(=O)C(N)CCn1nc(C)c(Cl)c1C. The number of carbonyl (C=O) groups excluding carboxylic acids is 1. The highest BCUT2D eigenvalue weighted by Crippen LogP contribution is 2.19. The molecule has 1 unspecified atom stereocenters. The Labute approximate surface area is 99.5 Å². The summed E-state index contributed by atoms with van der Waals surface area (Å²) in [7, 11) is 1.32. The predicted molar refractivity (Wildman–Crippen MR) is 61.3 cm³/mol. The van der Waals surface area contributed by atoms with Crippen LogP contribution in [0, 0.1) is 13.8 Å². The highest BCUT2D eigenvalue weighted by Gasteiger charge is 2.15. The molecule has 0 aliphatic carbocycles. The number of nitrogens with zero attached hydrogens (tertiary/aromatic N) is 2. The van der Waals surface area contributed by atoms with E-state index in [0.29, 0.717) is 18.0 Å². The van der Waals surface area contributed by atoms with E-state index in [1.807, 2.05) is 13.8 Å². The third kappa shape index (κ3) is 2.74. The first-order valence-corrected chi connectivity index (χ1v) is 5.38. The third-order valence-electron chi connectivity index (χ3n) is 2.45. The maximum absolute atomic E-state index is 11.1. The Bertz CT molecular complexity index is 390. The molecule has 0 aliphatic heterocycles. The number of ether oxygens (including phenoxy) is 1. The van der Waals surface area contributed by atoms with Crippen LogP contribution in [0.1, 0.15) is 17.8 Å². The monoisotopic (exact) mass is 245 g/mol. The quantitative estimate of drug-likeness (QED) is 0.805. The van der Waals surface area contributed by atoms with E-state index in [-0.39, 0.29) is 0 Å². The largest absolute Gasteiger partial charge is 0.468 e. The Hall–Kier alpha value is -1.07. The standard InChI is InChI=1S/C10H16ClN3O2/c1-6-9(11)7(2)14(13-6)5-4-8(12)10(15)16-3/h8H,4-5,12H2,1-3H3. The van der Waals surface area contributed by atoms with Crippen LogP contribution in [0.3, 0.4) is 0 Å². The molecule has 6 heteroatoms. The number of halogens is 1. The predicted octanol–water partition coefficient (Wildman–Crippen LogP) is 1.04. The van der Waals surface area contributed by atoms with Gasteiger partial charge in [-0.05, 0) is 20.3 Å². The Morgan fingerprint density at radius 1 is 1.62 bits per heavy atom. The Balaban J connectivity index is 2.61. The molecule has 0 fully saturated rings. The van der Waals surface area contributed by atoms with Crippen LogP contribution in [0.5, 0.6) is 0 Å². The summed E-state index contributed by atoms with van der Waals surface area (Å²) in [6.07, 6.45) is 0.477. The van der Waals surface area contributed by atoms with Crippen LogP contribution in [0.4, 0.5) is 0 Å². The van der Waals surface area contributed by atoms with Crippen molar-refractivity contribution in [3.8, 4) is 0 Å². The molecule has 1 rings (SSSR count). The molecular weight excluding hydrogens is 230 g/mol. The second-order valence-corrected chi connectivity index (χ2v) is 4.00. The summed E-state index contributed by atoms with van der Waals surface area (Å²) in [5.41, 5.74) is 7.29. The number of rotatable bonds is 4. The topological polar surface area (TPSA) is 70.1 Å². The van der Waals surface area contributed by atoms with E-state index in [9.17, 15) is 4.79 Å². The second-order valence-electron chi connectivity index (χ2n) is 3.63. The van der Waals surface area contributed by atoms with Gasteiger partial charge in [0.15, 0.2) is 0 Å². The van der Waals surface area contributed by atoms with Crippen molar-refractivity contribution in [2.45, 2.75) is 32.9 Å². The summed E-state index contributed by atoms with van der Waals surface area (Å²) < 4.78 is 6.29. The first kappa shape index (κ1) is 13.0. The lowest BCUT2D eigenvalue weighted by Crippen LogP contribution is -2.32. The number of aromatic nitrogens is 2. The van der Waals surface area contributed by atoms with Gasteiger partial charge in [-0.15, -0.1) is 0 Å². The maximum Gasteiger partial charge on any atom is 0.322 e. The summed E-state index contributed by atoms with van der Waals surface area (Å²) in [6, 6.07) is -0.618. The minimum Gasteiger partial charge on any atom is -0.468 e. The van der Waals surface area contributed by atoms with Gasteiger partial charge in [-0.25, -0.2) is 0 Å². The molecule has 0 saturated heterocycles. The van der Waals surface area contributed by atoms with Crippen molar-refractivity contribution in [2.24, 2.45) is 5.73 Å². The molecule has 0 aliphatic rings. The minimum atomic E-state index is -0.618. The van der Waals surface area contributed by atoms with E-state index in [4.69, 9.17) is 17.3 Å². The van der Waals surface area contributed by atoms with Gasteiger partial charge in [0, 0.05) is 6.54 Å². The zero-order valence-corrected chi connectivity index (χ0v) is 10.4. The third-order valence-corrected chi connectivity index (χ3v) is 3.00. The zero-order chi connectivity index (χ0) is 12.3. The van der Waals surface area contributed by atoms with E-state index >= 15 is 0 Å². The highest BCUT2D eigenvalue weighted by molar-refractivity contribution is 6.31. The first-order valence-electron chi connectivity index (χ1n) is 5.00. The summed E-state index contributed by atoms with van der Waals surface area (Å²) in [5, 5.41) is 4.90. The molecule has 0 saturated carbocycles. The molecule has 16 heavy (non-hydrogen) atoms. The lowest BCUT2D eigenvalue weighted by molar-refractivity contribution is -0.142. The van der Waals surface area contributed by atoms with Crippen molar-refractivity contribution >= 4 is 17.6 Å². The van der Waals surface area contributed by atoms with Crippen molar-refractivity contribution in [3.05, 3.63) is 16.4 Å². The van der Waals surface area contributed by atoms with Crippen molar-refractivity contribution in [1.82, 2.24) is 9.78 Å². The normalized spacial score (nSPS) is 12.6. The number of hydrogen-bond donors (Lipinski definition) is 1. The highest BCUT2D eigenvalue weighted by atomic mass is 35.5. The van der Waals surface area contributed by atoms with Crippen molar-refractivity contribution in [2.75, 3.05) is 7.11 Å². The van der Waals surface area contributed by atoms with Gasteiger partial charge < -0.3 is 10.5 Å². The van der Waals surface area contributed by atoms with Gasteiger partial charge in [0.1, 0.15) is 6.04 Å². The van der Waals surface area contributed by atoms with Gasteiger partial charge in [0.05, 0.1) is 23.5 Å². The molecule has 1 aromatic rings. The molecular formula is C10H16ClN3O2. The van der Waals surface area contributed by atoms with Crippen LogP contribution in [-0.4, -0.2) is 28.9 Å². The zero-order valence-electron chi connectivity index (χ0n) is 9.66. The van der Waals surface area contributed by atoms with Crippen LogP contribution in [0.25, 0.3) is 0 Å². The van der Waals surface area contributed by atoms with Crippen LogP contribution in [0.15, 0.2) is 0 Å². The van der Waals surface area contributed by atoms with E-state index in [0.717, 1.165) is 11.4 Å². The molecule has 0 spiro atoms. The fraction of sp³-hybridized carbons (Fsp3) is 0.600. The van der Waals surface area contributed by atoms with Gasteiger partial charge in [-0.2, -0.15) is 5.10 Å². The molecule has 90 valence electrons. The average molecular weight is 246 g/mol. The molecule has 2 N–H and O–H groups in total. The number of esters is 1. The van der Waals surface area contributed by atoms with E-state index in [1.54, 1.807) is 4.68 Å². The molecule has 1 heterocycles. The van der Waals surface area contributed by atoms with E-state index in [2.05, 4.69) is 9.84 Å². The van der Waals surface area contributed by atoms with Crippen molar-refractivity contribution in [1.29, 1.82) is 0 Å². The number of hydrogen-bond acceptors (Lipinski definition) is 4. The Kier molecular flexibility index (Phi) is 4.32. The first-order chi connectivity index (χ1) is 7.47. The summed E-state index contributed by atoms with van der Waals surface area (Å²) in [6.45, 7) is 4.27. The molecule has 0 aromatic carbocycles. The summed E-state index contributed by atoms with van der Waals surface area (Å²) in [4.78, 5) is 11.1. The minimum absolute atomic E-state index is 0.410. The Morgan fingerprint density at radius 3 is 2.69 bits per heavy atom. The van der Waals surface area contributed by atoms with Crippen LogP contribution >= 0.6 is 11.6 Å². The number of methoxy groups -OCH3 is 1. The molecule has 0 radical (unpaired) electrons. The lowest BCUT2D eigenvalue weighted by Gasteiger charge is -2.09. The van der Waals surface area contributed by atoms with Crippen LogP contribution in [-0.2, 0) is 16.1 Å². The smallest absolute Gasteiger partial charge is 0.322 e. The molecule has 0 bridgehead atoms. The van der Waals surface area contributed by atoms with Gasteiger partial charge in [-0.1, -0.05) is 11.6 Å². The lowest BCUT2D eigenvalue weighted by atomic mass is 10.2. The fourth-order valence-corrected chi connectivity index (χ4v) is 1.56. The van der Waals surface area contributed by atoms with Crippen molar-refractivity contribution in [3.63, 3.8) is 0 Å². The molecule has 0 amide bonds. The molecule has 5 nitrogen and oxygen atoms in total. The molecule has 1 aromatic heterocycles. The number of aryl methyl sites for hydroxylation is 2. The fourth-order valence-electron chi connectivity index (χ4n) is 1.42. The van der Waals surface area contributed by atoms with Crippen LogP contribution < -0.4 is 5.73 Å². The summed E-state index contributed by atoms with van der Waals surface area (Å²) in [5.74, 6) is -0.410. The Morgan fingerprint density at radius 2 is 2.25 bits per heavy atom. The maximum atomic E-state index is 11.1. The number of nitrogens with two attached hydrogens (primary N) is 1. The second kappa shape index (κ2) is 5.32. The van der Waals surface area contributed by atoms with Crippen molar-refractivity contribution < 1.29 is 9.53 Å². The van der Waals surface area contributed by atoms with E-state index in [1.165, 1.54) is 7.11 Å². The summed E-state index contributed by atoms with van der Waals surface area (Å²) >= 11 is 6.00.